The number of hydrogen-bond acceptors (Lipinski definition) is 2. The van der Waals surface area contributed by atoms with Crippen LogP contribution in [0.4, 0.5) is 4.39 Å². The first-order chi connectivity index (χ1) is 10.5. The number of amides is 1. The zero-order valence-electron chi connectivity index (χ0n) is 15.2. The summed E-state index contributed by atoms with van der Waals surface area (Å²) in [6, 6.07) is 0. The molecule has 0 spiro atoms. The van der Waals surface area contributed by atoms with Crippen molar-refractivity contribution in [3.63, 3.8) is 0 Å². The predicted octanol–water partition coefficient (Wildman–Crippen LogP) is 5.01. The molecule has 0 aliphatic heterocycles. The molecule has 0 aromatic heterocycles. The van der Waals surface area contributed by atoms with Crippen molar-refractivity contribution in [1.82, 2.24) is 10.4 Å². The molecule has 22 heavy (non-hydrogen) atoms. The Morgan fingerprint density at radius 3 is 1.86 bits per heavy atom. The molecule has 132 valence electrons. The van der Waals surface area contributed by atoms with E-state index in [1.165, 1.54) is 0 Å². The van der Waals surface area contributed by atoms with Gasteiger partial charge in [-0.1, -0.05) is 59.8 Å². The highest BCUT2D eigenvalue weighted by Crippen LogP contribution is 2.26. The summed E-state index contributed by atoms with van der Waals surface area (Å²) in [6.45, 7) is 9.89. The largest absolute Gasteiger partial charge is 0.286 e. The number of nitrogens with zero attached hydrogens (tertiary/aromatic N) is 1. The molecule has 3 nitrogen and oxygen atoms in total. The van der Waals surface area contributed by atoms with E-state index < -0.39 is 11.6 Å². The molecule has 0 saturated heterocycles. The molecule has 0 radical (unpaired) electrons. The van der Waals surface area contributed by atoms with Crippen LogP contribution in [0.5, 0.6) is 0 Å². The van der Waals surface area contributed by atoms with Crippen LogP contribution in [0.2, 0.25) is 0 Å². The van der Waals surface area contributed by atoms with Crippen LogP contribution >= 0.6 is 0 Å². The number of unbranched alkanes of at least 4 members (excludes halogenated alkanes) is 4. The Labute approximate surface area is 137 Å². The lowest BCUT2D eigenvalue weighted by Crippen LogP contribution is -2.52. The normalized spacial score (nSPS) is 14.1. The van der Waals surface area contributed by atoms with Crippen molar-refractivity contribution in [2.75, 3.05) is 13.1 Å². The van der Waals surface area contributed by atoms with Gasteiger partial charge in [0.25, 0.3) is 5.91 Å². The van der Waals surface area contributed by atoms with Crippen LogP contribution in [0.15, 0.2) is 0 Å². The summed E-state index contributed by atoms with van der Waals surface area (Å²) in [6.07, 6.45) is 8.36. The van der Waals surface area contributed by atoms with Gasteiger partial charge in [0, 0.05) is 13.1 Å². The first-order valence-electron chi connectivity index (χ1n) is 9.28. The fourth-order valence-electron chi connectivity index (χ4n) is 2.57. The predicted molar refractivity (Wildman–Crippen MR) is 92.4 cm³/mol. The molecule has 0 aliphatic carbocycles. The van der Waals surface area contributed by atoms with E-state index in [2.05, 4.69) is 26.2 Å². The van der Waals surface area contributed by atoms with Gasteiger partial charge >= 0.3 is 0 Å². The van der Waals surface area contributed by atoms with Gasteiger partial charge in [-0.15, -0.1) is 0 Å². The zero-order chi connectivity index (χ0) is 16.8. The maximum Gasteiger partial charge on any atom is 0.271 e. The number of nitrogens with one attached hydrogen (secondary N) is 1. The standard InChI is InChI=1S/C18H37FN2O/c1-5-9-12-14-18(19,13-8-4)17(22)20-21(15-10-6-2)16-11-7-3/h5-16H2,1-4H3,(H,20,22). The second kappa shape index (κ2) is 12.9. The van der Waals surface area contributed by atoms with E-state index in [1.54, 1.807) is 0 Å². The van der Waals surface area contributed by atoms with E-state index in [0.29, 0.717) is 19.3 Å². The van der Waals surface area contributed by atoms with E-state index in [1.807, 2.05) is 11.9 Å². The fraction of sp³-hybridized carbons (Fsp3) is 0.944. The minimum Gasteiger partial charge on any atom is -0.286 e. The lowest BCUT2D eigenvalue weighted by molar-refractivity contribution is -0.139. The number of alkyl halides is 1. The van der Waals surface area contributed by atoms with Gasteiger partial charge in [-0.3, -0.25) is 10.2 Å². The van der Waals surface area contributed by atoms with Gasteiger partial charge in [0.05, 0.1) is 0 Å². The monoisotopic (exact) mass is 316 g/mol. The van der Waals surface area contributed by atoms with E-state index in [0.717, 1.165) is 58.0 Å². The Morgan fingerprint density at radius 2 is 1.41 bits per heavy atom. The van der Waals surface area contributed by atoms with Crippen molar-refractivity contribution in [1.29, 1.82) is 0 Å². The van der Waals surface area contributed by atoms with Crippen molar-refractivity contribution in [3.8, 4) is 0 Å². The van der Waals surface area contributed by atoms with Crippen molar-refractivity contribution < 1.29 is 9.18 Å². The Morgan fingerprint density at radius 1 is 0.864 bits per heavy atom. The molecular formula is C18H37FN2O. The molecule has 1 atom stereocenters. The summed E-state index contributed by atoms with van der Waals surface area (Å²) in [5, 5.41) is 1.92. The molecule has 1 N–H and O–H groups in total. The summed E-state index contributed by atoms with van der Waals surface area (Å²) in [4.78, 5) is 12.5. The average molecular weight is 317 g/mol. The van der Waals surface area contributed by atoms with Crippen LogP contribution in [0.25, 0.3) is 0 Å². The lowest BCUT2D eigenvalue weighted by Gasteiger charge is -2.29. The van der Waals surface area contributed by atoms with E-state index in [9.17, 15) is 4.79 Å². The lowest BCUT2D eigenvalue weighted by atomic mass is 9.92. The molecule has 0 heterocycles. The third-order valence-electron chi connectivity index (χ3n) is 4.05. The number of hydrogen-bond donors (Lipinski definition) is 1. The van der Waals surface area contributed by atoms with Crippen LogP contribution in [0.3, 0.4) is 0 Å². The molecule has 0 saturated carbocycles. The summed E-state index contributed by atoms with van der Waals surface area (Å²) >= 11 is 0. The zero-order valence-corrected chi connectivity index (χ0v) is 15.2. The first-order valence-corrected chi connectivity index (χ1v) is 9.28. The van der Waals surface area contributed by atoms with Gasteiger partial charge in [0.1, 0.15) is 0 Å². The van der Waals surface area contributed by atoms with Crippen molar-refractivity contribution in [2.45, 2.75) is 97.6 Å². The molecule has 0 aromatic carbocycles. The van der Waals surface area contributed by atoms with Crippen LogP contribution in [0, 0.1) is 0 Å². The van der Waals surface area contributed by atoms with E-state index in [4.69, 9.17) is 0 Å². The van der Waals surface area contributed by atoms with Crippen molar-refractivity contribution >= 4 is 5.91 Å². The van der Waals surface area contributed by atoms with Crippen molar-refractivity contribution in [3.05, 3.63) is 0 Å². The summed E-state index contributed by atoms with van der Waals surface area (Å²) in [5.74, 6) is -0.433. The van der Waals surface area contributed by atoms with Crippen LogP contribution in [0.1, 0.15) is 91.9 Å². The van der Waals surface area contributed by atoms with Crippen molar-refractivity contribution in [2.24, 2.45) is 0 Å². The summed E-state index contributed by atoms with van der Waals surface area (Å²) in [7, 11) is 0. The SMILES string of the molecule is CCCCCC(F)(CCC)C(=O)NN(CCCC)CCCC. The van der Waals surface area contributed by atoms with Gasteiger partial charge in [0.2, 0.25) is 0 Å². The maximum absolute atomic E-state index is 15.1. The Bertz CT molecular complexity index is 278. The molecule has 0 bridgehead atoms. The molecule has 0 aliphatic rings. The number of rotatable bonds is 14. The Hall–Kier alpha value is -0.640. The fourth-order valence-corrected chi connectivity index (χ4v) is 2.57. The maximum atomic E-state index is 15.1. The average Bonchev–Trinajstić information content (AvgIpc) is 2.50. The molecule has 1 unspecified atom stereocenters. The number of carbonyl (C=O) groups excluding carboxylic acids is 1. The Balaban J connectivity index is 4.64. The molecule has 4 heteroatoms. The van der Waals surface area contributed by atoms with Crippen LogP contribution < -0.4 is 5.43 Å². The van der Waals surface area contributed by atoms with Gasteiger partial charge in [-0.2, -0.15) is 0 Å². The molecule has 1 amide bonds. The second-order valence-corrected chi connectivity index (χ2v) is 6.31. The van der Waals surface area contributed by atoms with E-state index >= 15 is 4.39 Å². The molecule has 0 rings (SSSR count). The van der Waals surface area contributed by atoms with Gasteiger partial charge in [-0.25, -0.2) is 9.40 Å². The smallest absolute Gasteiger partial charge is 0.271 e. The topological polar surface area (TPSA) is 32.3 Å². The number of halogens is 1. The highest BCUT2D eigenvalue weighted by molar-refractivity contribution is 5.84. The summed E-state index contributed by atoms with van der Waals surface area (Å²) < 4.78 is 15.1. The third kappa shape index (κ3) is 8.72. The molecule has 0 aromatic rings. The number of hydrazine groups is 1. The minimum absolute atomic E-state index is 0.317. The highest BCUT2D eigenvalue weighted by Gasteiger charge is 2.37. The molecule has 0 fully saturated rings. The third-order valence-corrected chi connectivity index (χ3v) is 4.05. The second-order valence-electron chi connectivity index (χ2n) is 6.31. The van der Waals surface area contributed by atoms with Gasteiger partial charge in [-0.05, 0) is 32.1 Å². The minimum atomic E-state index is -1.71. The molecular weight excluding hydrogens is 279 g/mol. The first kappa shape index (κ1) is 21.4. The van der Waals surface area contributed by atoms with E-state index in [-0.39, 0.29) is 0 Å². The number of carbonyl (C=O) groups is 1. The van der Waals surface area contributed by atoms with Crippen LogP contribution in [-0.4, -0.2) is 29.7 Å². The van der Waals surface area contributed by atoms with Gasteiger partial charge in [0.15, 0.2) is 5.67 Å². The summed E-state index contributed by atoms with van der Waals surface area (Å²) in [5.41, 5.74) is 1.15. The van der Waals surface area contributed by atoms with Gasteiger partial charge < -0.3 is 0 Å². The van der Waals surface area contributed by atoms with Crippen LogP contribution in [-0.2, 0) is 4.79 Å². The Kier molecular flexibility index (Phi) is 12.5. The quantitative estimate of drug-likeness (QED) is 0.361. The highest BCUT2D eigenvalue weighted by atomic mass is 19.1.